The molecule has 4 nitrogen and oxygen atoms in total. The van der Waals surface area contributed by atoms with Crippen molar-refractivity contribution >= 4 is 27.0 Å². The summed E-state index contributed by atoms with van der Waals surface area (Å²) >= 11 is 3.48. The highest BCUT2D eigenvalue weighted by atomic mass is 79.9. The Morgan fingerprint density at radius 1 is 1.20 bits per heavy atom. The molecule has 0 saturated carbocycles. The van der Waals surface area contributed by atoms with Crippen molar-refractivity contribution in [1.82, 2.24) is 19.7 Å². The number of H-pyrrole nitrogens is 1. The van der Waals surface area contributed by atoms with Crippen LogP contribution in [-0.4, -0.2) is 19.7 Å². The lowest BCUT2D eigenvalue weighted by molar-refractivity contribution is 0.553. The highest BCUT2D eigenvalue weighted by molar-refractivity contribution is 9.10. The fourth-order valence-electron chi connectivity index (χ4n) is 2.16. The Labute approximate surface area is 126 Å². The maximum Gasteiger partial charge on any atom is 0.156 e. The lowest BCUT2D eigenvalue weighted by Gasteiger charge is -2.13. The minimum absolute atomic E-state index is 0.0328. The standard InChI is InChI=1S/C15H17BrN4/c1-15(2,3)13-8-12(20(4)19-13)14-17-10-6-5-9(16)7-11(10)18-14/h5-8H,1-4H3,(H,17,18). The molecule has 0 aliphatic heterocycles. The van der Waals surface area contributed by atoms with Crippen LogP contribution in [0.5, 0.6) is 0 Å². The van der Waals surface area contributed by atoms with Crippen LogP contribution in [0.15, 0.2) is 28.7 Å². The van der Waals surface area contributed by atoms with Crippen LogP contribution >= 0.6 is 15.9 Å². The fourth-order valence-corrected chi connectivity index (χ4v) is 2.52. The third-order valence-electron chi connectivity index (χ3n) is 3.33. The number of nitrogens with zero attached hydrogens (tertiary/aromatic N) is 3. The number of rotatable bonds is 1. The fraction of sp³-hybridized carbons (Fsp3) is 0.333. The van der Waals surface area contributed by atoms with E-state index in [1.54, 1.807) is 0 Å². The number of aromatic nitrogens is 4. The Hall–Kier alpha value is -1.62. The molecule has 5 heteroatoms. The number of fused-ring (bicyclic) bond motifs is 1. The summed E-state index contributed by atoms with van der Waals surface area (Å²) < 4.78 is 2.92. The molecule has 0 aliphatic carbocycles. The minimum atomic E-state index is 0.0328. The molecule has 2 aromatic heterocycles. The number of hydrogen-bond acceptors (Lipinski definition) is 2. The van der Waals surface area contributed by atoms with Gasteiger partial charge < -0.3 is 4.98 Å². The number of benzene rings is 1. The van der Waals surface area contributed by atoms with Gasteiger partial charge >= 0.3 is 0 Å². The molecule has 0 aliphatic rings. The van der Waals surface area contributed by atoms with Crippen molar-refractivity contribution in [3.8, 4) is 11.5 Å². The normalized spacial score (nSPS) is 12.2. The number of hydrogen-bond donors (Lipinski definition) is 1. The maximum atomic E-state index is 4.64. The monoisotopic (exact) mass is 332 g/mol. The van der Waals surface area contributed by atoms with Gasteiger partial charge in [0.1, 0.15) is 5.69 Å². The molecule has 104 valence electrons. The summed E-state index contributed by atoms with van der Waals surface area (Å²) in [4.78, 5) is 8.00. The highest BCUT2D eigenvalue weighted by Crippen LogP contribution is 2.27. The quantitative estimate of drug-likeness (QED) is 0.731. The van der Waals surface area contributed by atoms with Crippen LogP contribution in [0.25, 0.3) is 22.6 Å². The molecule has 0 amide bonds. The Morgan fingerprint density at radius 3 is 2.60 bits per heavy atom. The molecular weight excluding hydrogens is 316 g/mol. The van der Waals surface area contributed by atoms with E-state index in [0.717, 1.165) is 32.7 Å². The van der Waals surface area contributed by atoms with E-state index in [2.05, 4.69) is 57.8 Å². The van der Waals surface area contributed by atoms with Crippen LogP contribution in [0.4, 0.5) is 0 Å². The number of aromatic amines is 1. The third-order valence-corrected chi connectivity index (χ3v) is 3.83. The van der Waals surface area contributed by atoms with Crippen LogP contribution in [0, 0.1) is 0 Å². The van der Waals surface area contributed by atoms with Crippen LogP contribution < -0.4 is 0 Å². The Kier molecular flexibility index (Phi) is 2.97. The van der Waals surface area contributed by atoms with E-state index in [1.165, 1.54) is 0 Å². The van der Waals surface area contributed by atoms with Crippen molar-refractivity contribution in [1.29, 1.82) is 0 Å². The van der Waals surface area contributed by atoms with Crippen molar-refractivity contribution in [3.05, 3.63) is 34.4 Å². The number of halogens is 1. The maximum absolute atomic E-state index is 4.64. The summed E-state index contributed by atoms with van der Waals surface area (Å²) in [5.41, 5.74) is 4.08. The molecule has 1 N–H and O–H groups in total. The van der Waals surface area contributed by atoms with E-state index in [0.29, 0.717) is 0 Å². The third kappa shape index (κ3) is 2.26. The molecule has 2 heterocycles. The summed E-state index contributed by atoms with van der Waals surface area (Å²) in [5, 5.41) is 4.59. The molecule has 20 heavy (non-hydrogen) atoms. The molecule has 1 aromatic carbocycles. The zero-order valence-corrected chi connectivity index (χ0v) is 13.6. The van der Waals surface area contributed by atoms with Crippen LogP contribution in [0.2, 0.25) is 0 Å². The van der Waals surface area contributed by atoms with Gasteiger partial charge in [-0.3, -0.25) is 4.68 Å². The van der Waals surface area contributed by atoms with Gasteiger partial charge in [-0.2, -0.15) is 5.10 Å². The molecule has 0 saturated heterocycles. The van der Waals surface area contributed by atoms with Crippen molar-refractivity contribution in [2.24, 2.45) is 7.05 Å². The zero-order valence-electron chi connectivity index (χ0n) is 12.0. The van der Waals surface area contributed by atoms with Gasteiger partial charge in [0.15, 0.2) is 5.82 Å². The lowest BCUT2D eigenvalue weighted by atomic mass is 9.92. The molecule has 0 fully saturated rings. The van der Waals surface area contributed by atoms with Gasteiger partial charge in [-0.1, -0.05) is 36.7 Å². The molecule has 0 unspecified atom stereocenters. The Morgan fingerprint density at radius 2 is 1.95 bits per heavy atom. The topological polar surface area (TPSA) is 46.5 Å². The second-order valence-electron chi connectivity index (χ2n) is 6.04. The SMILES string of the molecule is Cn1nc(C(C)(C)C)cc1-c1nc2ccc(Br)cc2[nH]1. The van der Waals surface area contributed by atoms with Crippen LogP contribution in [0.1, 0.15) is 26.5 Å². The molecule has 0 radical (unpaired) electrons. The largest absolute Gasteiger partial charge is 0.337 e. The molecule has 3 aromatic rings. The first kappa shape index (κ1) is 13.4. The van der Waals surface area contributed by atoms with Crippen molar-refractivity contribution < 1.29 is 0 Å². The minimum Gasteiger partial charge on any atom is -0.337 e. The van der Waals surface area contributed by atoms with E-state index in [1.807, 2.05) is 29.9 Å². The first-order chi connectivity index (χ1) is 9.34. The van der Waals surface area contributed by atoms with Gasteiger partial charge in [0.05, 0.1) is 16.7 Å². The Bertz CT molecular complexity index is 777. The van der Waals surface area contributed by atoms with E-state index in [-0.39, 0.29) is 5.41 Å². The number of nitrogens with one attached hydrogen (secondary N) is 1. The average molecular weight is 333 g/mol. The Balaban J connectivity index is 2.13. The lowest BCUT2D eigenvalue weighted by Crippen LogP contribution is -2.12. The zero-order chi connectivity index (χ0) is 14.5. The van der Waals surface area contributed by atoms with Gasteiger partial charge in [-0.05, 0) is 24.3 Å². The van der Waals surface area contributed by atoms with E-state index < -0.39 is 0 Å². The van der Waals surface area contributed by atoms with E-state index in [4.69, 9.17) is 0 Å². The van der Waals surface area contributed by atoms with Gasteiger partial charge in [-0.25, -0.2) is 4.98 Å². The van der Waals surface area contributed by atoms with Gasteiger partial charge in [-0.15, -0.1) is 0 Å². The molecule has 0 atom stereocenters. The predicted octanol–water partition coefficient (Wildman–Crippen LogP) is 4.02. The van der Waals surface area contributed by atoms with Crippen LogP contribution in [-0.2, 0) is 12.5 Å². The predicted molar refractivity (Wildman–Crippen MR) is 84.7 cm³/mol. The first-order valence-corrected chi connectivity index (χ1v) is 7.34. The van der Waals surface area contributed by atoms with Crippen LogP contribution in [0.3, 0.4) is 0 Å². The summed E-state index contributed by atoms with van der Waals surface area (Å²) in [7, 11) is 1.95. The summed E-state index contributed by atoms with van der Waals surface area (Å²) in [6.07, 6.45) is 0. The first-order valence-electron chi connectivity index (χ1n) is 6.55. The van der Waals surface area contributed by atoms with Crippen molar-refractivity contribution in [2.75, 3.05) is 0 Å². The molecular formula is C15H17BrN4. The molecule has 0 spiro atoms. The summed E-state index contributed by atoms with van der Waals surface area (Å²) in [6, 6.07) is 8.14. The highest BCUT2D eigenvalue weighted by Gasteiger charge is 2.20. The van der Waals surface area contributed by atoms with Gasteiger partial charge in [0.25, 0.3) is 0 Å². The average Bonchev–Trinajstić information content (AvgIpc) is 2.90. The van der Waals surface area contributed by atoms with E-state index >= 15 is 0 Å². The molecule has 0 bridgehead atoms. The number of imidazole rings is 1. The second-order valence-corrected chi connectivity index (χ2v) is 6.95. The molecule has 3 rings (SSSR count). The summed E-state index contributed by atoms with van der Waals surface area (Å²) in [5.74, 6) is 0.851. The van der Waals surface area contributed by atoms with Gasteiger partial charge in [0, 0.05) is 16.9 Å². The van der Waals surface area contributed by atoms with Crippen molar-refractivity contribution in [3.63, 3.8) is 0 Å². The smallest absolute Gasteiger partial charge is 0.156 e. The second kappa shape index (κ2) is 4.45. The van der Waals surface area contributed by atoms with Gasteiger partial charge in [0.2, 0.25) is 0 Å². The van der Waals surface area contributed by atoms with E-state index in [9.17, 15) is 0 Å². The summed E-state index contributed by atoms with van der Waals surface area (Å²) in [6.45, 7) is 6.48. The number of aryl methyl sites for hydroxylation is 1. The van der Waals surface area contributed by atoms with Crippen molar-refractivity contribution in [2.45, 2.75) is 26.2 Å².